The number of nitrogens with zero attached hydrogens (tertiary/aromatic N) is 7. The van der Waals surface area contributed by atoms with E-state index in [-0.39, 0.29) is 0 Å². The van der Waals surface area contributed by atoms with Crippen LogP contribution >= 0.6 is 11.3 Å². The lowest BCUT2D eigenvalue weighted by Crippen LogP contribution is -2.28. The predicted molar refractivity (Wildman–Crippen MR) is 98.6 cm³/mol. The summed E-state index contributed by atoms with van der Waals surface area (Å²) < 4.78 is 2.85. The molecule has 0 fully saturated rings. The Bertz CT molecular complexity index is 821. The number of rotatable bonds is 6. The monoisotopic (exact) mass is 345 g/mol. The molecule has 7 nitrogen and oxygen atoms in total. The van der Waals surface area contributed by atoms with Crippen molar-refractivity contribution in [2.24, 2.45) is 13.0 Å². The van der Waals surface area contributed by atoms with E-state index in [0.717, 1.165) is 40.1 Å². The Labute approximate surface area is 146 Å². The van der Waals surface area contributed by atoms with E-state index >= 15 is 0 Å². The molecule has 0 aliphatic heterocycles. The first kappa shape index (κ1) is 16.6. The summed E-state index contributed by atoms with van der Waals surface area (Å²) in [5.41, 5.74) is 1.78. The van der Waals surface area contributed by atoms with Crippen molar-refractivity contribution in [1.82, 2.24) is 24.7 Å². The molecule has 0 N–H and O–H groups in total. The fourth-order valence-electron chi connectivity index (χ4n) is 2.56. The molecule has 0 spiro atoms. The second-order valence-corrected chi connectivity index (χ2v) is 7.47. The molecule has 0 amide bonds. The number of hydrogen-bond acceptors (Lipinski definition) is 7. The highest BCUT2D eigenvalue weighted by Gasteiger charge is 2.19. The second kappa shape index (κ2) is 6.72. The lowest BCUT2D eigenvalue weighted by Gasteiger charge is -2.24. The van der Waals surface area contributed by atoms with Gasteiger partial charge in [0.05, 0.1) is 12.2 Å². The Morgan fingerprint density at radius 1 is 1.25 bits per heavy atom. The molecule has 0 aliphatic carbocycles. The van der Waals surface area contributed by atoms with Crippen molar-refractivity contribution in [2.45, 2.75) is 20.4 Å². The van der Waals surface area contributed by atoms with E-state index in [0.29, 0.717) is 5.92 Å². The second-order valence-electron chi connectivity index (χ2n) is 6.50. The molecular weight excluding hydrogens is 322 g/mol. The largest absolute Gasteiger partial charge is 0.354 e. The van der Waals surface area contributed by atoms with Gasteiger partial charge >= 0.3 is 0 Å². The number of thiazole rings is 1. The molecule has 3 aromatic rings. The van der Waals surface area contributed by atoms with Crippen molar-refractivity contribution in [3.8, 4) is 0 Å². The van der Waals surface area contributed by atoms with Crippen LogP contribution < -0.4 is 9.80 Å². The Morgan fingerprint density at radius 3 is 2.67 bits per heavy atom. The Hall–Kier alpha value is -2.22. The van der Waals surface area contributed by atoms with Gasteiger partial charge in [0.1, 0.15) is 11.0 Å². The molecule has 8 heteroatoms. The van der Waals surface area contributed by atoms with E-state index in [1.54, 1.807) is 17.7 Å². The molecule has 24 heavy (non-hydrogen) atoms. The van der Waals surface area contributed by atoms with Crippen molar-refractivity contribution < 1.29 is 0 Å². The van der Waals surface area contributed by atoms with Gasteiger partial charge in [-0.1, -0.05) is 25.2 Å². The normalized spacial score (nSPS) is 11.4. The SMILES string of the molecule is CC(C)CN(Cc1ccn(C)n1)c1ncnc2nc(N(C)C)sc12. The highest BCUT2D eigenvalue weighted by Crippen LogP contribution is 2.33. The minimum absolute atomic E-state index is 0.514. The maximum Gasteiger partial charge on any atom is 0.187 e. The maximum absolute atomic E-state index is 4.59. The Morgan fingerprint density at radius 2 is 2.04 bits per heavy atom. The molecular formula is C16H23N7S. The molecule has 3 rings (SSSR count). The van der Waals surface area contributed by atoms with Crippen LogP contribution in [0.3, 0.4) is 0 Å². The third kappa shape index (κ3) is 3.48. The number of aryl methyl sites for hydroxylation is 1. The molecule has 0 bridgehead atoms. The summed E-state index contributed by atoms with van der Waals surface area (Å²) in [5.74, 6) is 1.45. The van der Waals surface area contributed by atoms with Gasteiger partial charge in [-0.15, -0.1) is 0 Å². The lowest BCUT2D eigenvalue weighted by molar-refractivity contribution is 0.598. The molecule has 0 unspecified atom stereocenters. The molecule has 0 aromatic carbocycles. The number of fused-ring (bicyclic) bond motifs is 1. The quantitative estimate of drug-likeness (QED) is 0.684. The van der Waals surface area contributed by atoms with E-state index < -0.39 is 0 Å². The minimum atomic E-state index is 0.514. The molecule has 0 saturated heterocycles. The molecule has 3 heterocycles. The maximum atomic E-state index is 4.59. The molecule has 0 radical (unpaired) electrons. The average molecular weight is 345 g/mol. The average Bonchev–Trinajstić information content (AvgIpc) is 3.11. The van der Waals surface area contributed by atoms with Gasteiger partial charge in [-0.25, -0.2) is 9.97 Å². The van der Waals surface area contributed by atoms with Gasteiger partial charge in [0.25, 0.3) is 0 Å². The summed E-state index contributed by atoms with van der Waals surface area (Å²) >= 11 is 1.63. The lowest BCUT2D eigenvalue weighted by atomic mass is 10.2. The summed E-state index contributed by atoms with van der Waals surface area (Å²) in [4.78, 5) is 17.8. The van der Waals surface area contributed by atoms with Crippen LogP contribution in [-0.2, 0) is 13.6 Å². The van der Waals surface area contributed by atoms with Crippen LogP contribution in [-0.4, -0.2) is 45.4 Å². The van der Waals surface area contributed by atoms with E-state index in [9.17, 15) is 0 Å². The summed E-state index contributed by atoms with van der Waals surface area (Å²) in [6.07, 6.45) is 3.57. The fourth-order valence-corrected chi connectivity index (χ4v) is 3.52. The smallest absolute Gasteiger partial charge is 0.187 e. The standard InChI is InChI=1S/C16H23N7S/c1-11(2)8-23(9-12-6-7-22(5)20-12)15-13-14(17-10-18-15)19-16(24-13)21(3)4/h6-7,10-11H,8-9H2,1-5H3. The minimum Gasteiger partial charge on any atom is -0.354 e. The zero-order valence-corrected chi connectivity index (χ0v) is 15.6. The van der Waals surface area contributed by atoms with E-state index in [1.165, 1.54) is 0 Å². The zero-order chi connectivity index (χ0) is 17.3. The van der Waals surface area contributed by atoms with Gasteiger partial charge in [-0.05, 0) is 12.0 Å². The van der Waals surface area contributed by atoms with Crippen LogP contribution in [0, 0.1) is 5.92 Å². The highest BCUT2D eigenvalue weighted by molar-refractivity contribution is 7.22. The van der Waals surface area contributed by atoms with Gasteiger partial charge in [0, 0.05) is 33.9 Å². The van der Waals surface area contributed by atoms with E-state index in [4.69, 9.17) is 0 Å². The van der Waals surface area contributed by atoms with Crippen LogP contribution in [0.4, 0.5) is 10.9 Å². The molecule has 3 aromatic heterocycles. The topological polar surface area (TPSA) is 63.0 Å². The van der Waals surface area contributed by atoms with Crippen molar-refractivity contribution in [1.29, 1.82) is 0 Å². The van der Waals surface area contributed by atoms with E-state index in [1.807, 2.05) is 43.0 Å². The molecule has 0 atom stereocenters. The molecule has 128 valence electrons. The third-order valence-corrected chi connectivity index (χ3v) is 4.76. The zero-order valence-electron chi connectivity index (χ0n) is 14.8. The third-order valence-electron chi connectivity index (χ3n) is 3.55. The van der Waals surface area contributed by atoms with E-state index in [2.05, 4.69) is 38.8 Å². The predicted octanol–water partition coefficient (Wildman–Crippen LogP) is 2.55. The van der Waals surface area contributed by atoms with Gasteiger partial charge in [-0.2, -0.15) is 10.1 Å². The van der Waals surface area contributed by atoms with Crippen molar-refractivity contribution in [2.75, 3.05) is 30.4 Å². The number of hydrogen-bond donors (Lipinski definition) is 0. The number of anilines is 2. The van der Waals surface area contributed by atoms with Gasteiger partial charge in [0.15, 0.2) is 16.6 Å². The molecule has 0 saturated carbocycles. The van der Waals surface area contributed by atoms with Gasteiger partial charge in [0.2, 0.25) is 0 Å². The number of aromatic nitrogens is 5. The van der Waals surface area contributed by atoms with Crippen LogP contribution in [0.2, 0.25) is 0 Å². The van der Waals surface area contributed by atoms with Gasteiger partial charge in [-0.3, -0.25) is 4.68 Å². The summed E-state index contributed by atoms with van der Waals surface area (Å²) in [5, 5.41) is 5.45. The summed E-state index contributed by atoms with van der Waals surface area (Å²) in [7, 11) is 5.92. The van der Waals surface area contributed by atoms with Gasteiger partial charge < -0.3 is 9.80 Å². The van der Waals surface area contributed by atoms with Crippen molar-refractivity contribution in [3.63, 3.8) is 0 Å². The summed E-state index contributed by atoms with van der Waals surface area (Å²) in [6, 6.07) is 2.05. The van der Waals surface area contributed by atoms with Crippen LogP contribution in [0.5, 0.6) is 0 Å². The van der Waals surface area contributed by atoms with Crippen LogP contribution in [0.25, 0.3) is 10.3 Å². The van der Waals surface area contributed by atoms with Crippen molar-refractivity contribution >= 4 is 32.6 Å². The first-order chi connectivity index (χ1) is 11.4. The summed E-state index contributed by atoms with van der Waals surface area (Å²) in [6.45, 7) is 6.04. The van der Waals surface area contributed by atoms with Crippen molar-refractivity contribution in [3.05, 3.63) is 24.3 Å². The first-order valence-electron chi connectivity index (χ1n) is 7.96. The Kier molecular flexibility index (Phi) is 4.66. The first-order valence-corrected chi connectivity index (χ1v) is 8.78. The highest BCUT2D eigenvalue weighted by atomic mass is 32.1. The molecule has 0 aliphatic rings. The fraction of sp³-hybridized carbons (Fsp3) is 0.500. The Balaban J connectivity index is 2.01. The van der Waals surface area contributed by atoms with Crippen LogP contribution in [0.15, 0.2) is 18.6 Å². The van der Waals surface area contributed by atoms with Crippen LogP contribution in [0.1, 0.15) is 19.5 Å².